The molecule has 0 saturated heterocycles. The van der Waals surface area contributed by atoms with Crippen molar-refractivity contribution in [2.45, 2.75) is 45.6 Å². The summed E-state index contributed by atoms with van der Waals surface area (Å²) in [5.74, 6) is -0.750. The van der Waals surface area contributed by atoms with Crippen LogP contribution < -0.4 is 5.32 Å². The minimum atomic E-state index is -0.466. The van der Waals surface area contributed by atoms with Crippen LogP contribution in [-0.2, 0) is 16.0 Å². The standard InChI is InChI=1S/C25H26N2O3S/c1-3-16(2)26-22(28)15-30-25(29)23-19-10-4-5-12-21(19)27-24-17(8-6-11-20(23)24)14-18-9-7-13-31-18/h4-5,7,9-10,12-14,16H,3,6,8,11,15H2,1-2H3,(H,26,28). The first kappa shape index (κ1) is 21.2. The third-order valence-corrected chi connectivity index (χ3v) is 6.41. The van der Waals surface area contributed by atoms with Crippen LogP contribution in [0.4, 0.5) is 0 Å². The summed E-state index contributed by atoms with van der Waals surface area (Å²) in [5.41, 5.74) is 4.22. The van der Waals surface area contributed by atoms with E-state index in [1.54, 1.807) is 11.3 Å². The number of nitrogens with zero attached hydrogens (tertiary/aromatic N) is 1. The molecule has 31 heavy (non-hydrogen) atoms. The number of fused-ring (bicyclic) bond motifs is 2. The van der Waals surface area contributed by atoms with E-state index >= 15 is 0 Å². The van der Waals surface area contributed by atoms with Crippen LogP contribution in [0.2, 0.25) is 0 Å². The maximum atomic E-state index is 13.2. The number of benzene rings is 1. The van der Waals surface area contributed by atoms with Crippen LogP contribution >= 0.6 is 11.3 Å². The van der Waals surface area contributed by atoms with Crippen LogP contribution in [0.15, 0.2) is 41.8 Å². The minimum absolute atomic E-state index is 0.0469. The van der Waals surface area contributed by atoms with Gasteiger partial charge in [0.05, 0.1) is 16.8 Å². The average Bonchev–Trinajstić information content (AvgIpc) is 3.29. The van der Waals surface area contributed by atoms with Crippen LogP contribution in [0.5, 0.6) is 0 Å². The second-order valence-electron chi connectivity index (χ2n) is 7.82. The number of hydrogen-bond donors (Lipinski definition) is 1. The maximum Gasteiger partial charge on any atom is 0.339 e. The van der Waals surface area contributed by atoms with E-state index < -0.39 is 5.97 Å². The third kappa shape index (κ3) is 4.69. The molecule has 1 aromatic carbocycles. The SMILES string of the molecule is CCC(C)NC(=O)COC(=O)c1c2c(nc3ccccc13)C(=Cc1cccs1)CCC2. The van der Waals surface area contributed by atoms with E-state index in [4.69, 9.17) is 9.72 Å². The normalized spacial score (nSPS) is 15.5. The Bertz CT molecular complexity index is 1140. The smallest absolute Gasteiger partial charge is 0.339 e. The minimum Gasteiger partial charge on any atom is -0.452 e. The van der Waals surface area contributed by atoms with E-state index in [9.17, 15) is 9.59 Å². The fourth-order valence-electron chi connectivity index (χ4n) is 3.88. The Balaban J connectivity index is 1.71. The molecular weight excluding hydrogens is 408 g/mol. The van der Waals surface area contributed by atoms with Gasteiger partial charge in [0.25, 0.3) is 5.91 Å². The molecular formula is C25H26N2O3S. The van der Waals surface area contributed by atoms with E-state index in [0.717, 1.165) is 53.4 Å². The molecule has 1 aliphatic carbocycles. The van der Waals surface area contributed by atoms with E-state index in [2.05, 4.69) is 22.8 Å². The van der Waals surface area contributed by atoms with Crippen molar-refractivity contribution in [2.75, 3.05) is 6.61 Å². The van der Waals surface area contributed by atoms with E-state index in [0.29, 0.717) is 5.56 Å². The van der Waals surface area contributed by atoms with Crippen molar-refractivity contribution in [2.24, 2.45) is 0 Å². The van der Waals surface area contributed by atoms with Crippen LogP contribution in [0.3, 0.4) is 0 Å². The maximum absolute atomic E-state index is 13.2. The fraction of sp³-hybridized carbons (Fsp3) is 0.320. The van der Waals surface area contributed by atoms with Gasteiger partial charge in [0.2, 0.25) is 0 Å². The summed E-state index contributed by atoms with van der Waals surface area (Å²) >= 11 is 1.68. The number of ether oxygens (including phenoxy) is 1. The highest BCUT2D eigenvalue weighted by Gasteiger charge is 2.26. The number of amides is 1. The number of pyridine rings is 1. The Labute approximate surface area is 186 Å². The van der Waals surface area contributed by atoms with E-state index in [1.807, 2.05) is 44.2 Å². The Hall–Kier alpha value is -2.99. The largest absolute Gasteiger partial charge is 0.452 e. The second kappa shape index (κ2) is 9.43. The van der Waals surface area contributed by atoms with Crippen molar-refractivity contribution in [3.63, 3.8) is 0 Å². The average molecular weight is 435 g/mol. The van der Waals surface area contributed by atoms with Crippen LogP contribution in [0.1, 0.15) is 59.6 Å². The summed E-state index contributed by atoms with van der Waals surface area (Å²) in [6, 6.07) is 11.8. The van der Waals surface area contributed by atoms with Crippen molar-refractivity contribution >= 4 is 45.8 Å². The predicted molar refractivity (Wildman–Crippen MR) is 125 cm³/mol. The number of nitrogens with one attached hydrogen (secondary N) is 1. The Morgan fingerprint density at radius 2 is 2.06 bits per heavy atom. The van der Waals surface area contributed by atoms with Crippen molar-refractivity contribution in [1.82, 2.24) is 10.3 Å². The second-order valence-corrected chi connectivity index (χ2v) is 8.80. The number of carbonyl (C=O) groups excluding carboxylic acids is 2. The Kier molecular flexibility index (Phi) is 6.47. The molecule has 0 saturated carbocycles. The van der Waals surface area contributed by atoms with Gasteiger partial charge < -0.3 is 10.1 Å². The zero-order valence-corrected chi connectivity index (χ0v) is 18.6. The lowest BCUT2D eigenvalue weighted by atomic mass is 9.86. The molecule has 0 spiro atoms. The first-order valence-corrected chi connectivity index (χ1v) is 11.6. The van der Waals surface area contributed by atoms with E-state index in [1.165, 1.54) is 4.88 Å². The highest BCUT2D eigenvalue weighted by molar-refractivity contribution is 7.10. The van der Waals surface area contributed by atoms with Crippen molar-refractivity contribution < 1.29 is 14.3 Å². The molecule has 1 unspecified atom stereocenters. The quantitative estimate of drug-likeness (QED) is 0.539. The molecule has 5 nitrogen and oxygen atoms in total. The molecule has 4 rings (SSSR count). The summed E-state index contributed by atoms with van der Waals surface area (Å²) in [6.45, 7) is 3.63. The lowest BCUT2D eigenvalue weighted by Crippen LogP contribution is -2.35. The molecule has 6 heteroatoms. The first-order valence-electron chi connectivity index (χ1n) is 10.7. The van der Waals surface area contributed by atoms with Crippen molar-refractivity contribution in [3.8, 4) is 0 Å². The highest BCUT2D eigenvalue weighted by Crippen LogP contribution is 2.36. The van der Waals surface area contributed by atoms with Gasteiger partial charge in [-0.1, -0.05) is 31.2 Å². The summed E-state index contributed by atoms with van der Waals surface area (Å²) in [7, 11) is 0. The first-order chi connectivity index (χ1) is 15.1. The summed E-state index contributed by atoms with van der Waals surface area (Å²) in [6.07, 6.45) is 5.61. The van der Waals surface area contributed by atoms with Crippen molar-refractivity contribution in [3.05, 3.63) is 63.5 Å². The third-order valence-electron chi connectivity index (χ3n) is 5.59. The number of hydrogen-bond acceptors (Lipinski definition) is 5. The van der Waals surface area contributed by atoms with Gasteiger partial charge in [0, 0.05) is 16.3 Å². The number of aromatic nitrogens is 1. The Morgan fingerprint density at radius 1 is 1.23 bits per heavy atom. The van der Waals surface area contributed by atoms with Gasteiger partial charge >= 0.3 is 5.97 Å². The van der Waals surface area contributed by atoms with Gasteiger partial charge in [-0.25, -0.2) is 9.78 Å². The van der Waals surface area contributed by atoms with Gasteiger partial charge in [-0.05, 0) is 67.3 Å². The number of carbonyl (C=O) groups is 2. The molecule has 0 fully saturated rings. The van der Waals surface area contributed by atoms with Gasteiger partial charge in [0.1, 0.15) is 0 Å². The van der Waals surface area contributed by atoms with Crippen molar-refractivity contribution in [1.29, 1.82) is 0 Å². The number of para-hydroxylation sites is 1. The highest BCUT2D eigenvalue weighted by atomic mass is 32.1. The molecule has 0 aliphatic heterocycles. The zero-order valence-electron chi connectivity index (χ0n) is 17.8. The summed E-state index contributed by atoms with van der Waals surface area (Å²) in [4.78, 5) is 31.4. The molecule has 1 atom stereocenters. The number of esters is 1. The number of allylic oxidation sites excluding steroid dienone is 1. The van der Waals surface area contributed by atoms with E-state index in [-0.39, 0.29) is 18.6 Å². The molecule has 2 aromatic heterocycles. The molecule has 0 bridgehead atoms. The lowest BCUT2D eigenvalue weighted by Gasteiger charge is -2.22. The van der Waals surface area contributed by atoms with Crippen LogP contribution in [0.25, 0.3) is 22.6 Å². The van der Waals surface area contributed by atoms with Gasteiger partial charge in [-0.2, -0.15) is 0 Å². The van der Waals surface area contributed by atoms with Crippen LogP contribution in [0, 0.1) is 0 Å². The predicted octanol–water partition coefficient (Wildman–Crippen LogP) is 5.24. The van der Waals surface area contributed by atoms with Gasteiger partial charge in [-0.3, -0.25) is 4.79 Å². The summed E-state index contributed by atoms with van der Waals surface area (Å²) in [5, 5.41) is 5.65. The van der Waals surface area contributed by atoms with Gasteiger partial charge in [0.15, 0.2) is 6.61 Å². The van der Waals surface area contributed by atoms with Gasteiger partial charge in [-0.15, -0.1) is 11.3 Å². The molecule has 0 radical (unpaired) electrons. The number of thiophene rings is 1. The molecule has 1 aliphatic rings. The number of rotatable bonds is 6. The summed E-state index contributed by atoms with van der Waals surface area (Å²) < 4.78 is 5.45. The molecule has 1 amide bonds. The lowest BCUT2D eigenvalue weighted by molar-refractivity contribution is -0.124. The topological polar surface area (TPSA) is 68.3 Å². The van der Waals surface area contributed by atoms with Crippen LogP contribution in [-0.4, -0.2) is 29.5 Å². The fourth-order valence-corrected chi connectivity index (χ4v) is 4.56. The molecule has 160 valence electrons. The molecule has 2 heterocycles. The Morgan fingerprint density at radius 3 is 2.84 bits per heavy atom. The molecule has 1 N–H and O–H groups in total. The molecule has 3 aromatic rings. The zero-order chi connectivity index (χ0) is 21.8. The monoisotopic (exact) mass is 434 g/mol.